The zero-order valence-corrected chi connectivity index (χ0v) is 11.3. The van der Waals surface area contributed by atoms with Crippen molar-refractivity contribution in [1.29, 1.82) is 0 Å². The van der Waals surface area contributed by atoms with Crippen molar-refractivity contribution in [3.05, 3.63) is 29.8 Å². The number of sulfonamides is 1. The van der Waals surface area contributed by atoms with Crippen LogP contribution in [0.25, 0.3) is 0 Å². The molecular weight excluding hydrogens is 238 g/mol. The van der Waals surface area contributed by atoms with Gasteiger partial charge in [-0.05, 0) is 25.5 Å². The van der Waals surface area contributed by atoms with E-state index in [9.17, 15) is 8.42 Å². The second-order valence-corrected chi connectivity index (χ2v) is 5.71. The smallest absolute Gasteiger partial charge is 0.240 e. The molecule has 0 radical (unpaired) electrons. The summed E-state index contributed by atoms with van der Waals surface area (Å²) in [6.07, 6.45) is 0.693. The standard InChI is InChI=1S/C12H19NO3S/c1-4-11(9-16-3)13-17(14,15)12-7-5-10(2)6-8-12/h5-8,11,13H,4,9H2,1-3H3. The molecule has 5 heteroatoms. The Morgan fingerprint density at radius 3 is 2.35 bits per heavy atom. The Bertz CT molecular complexity index is 439. The molecule has 0 saturated carbocycles. The summed E-state index contributed by atoms with van der Waals surface area (Å²) in [5, 5.41) is 0. The van der Waals surface area contributed by atoms with Gasteiger partial charge >= 0.3 is 0 Å². The van der Waals surface area contributed by atoms with Crippen LogP contribution in [0.3, 0.4) is 0 Å². The lowest BCUT2D eigenvalue weighted by atomic mass is 10.2. The van der Waals surface area contributed by atoms with E-state index in [0.717, 1.165) is 5.56 Å². The predicted octanol–water partition coefficient (Wildman–Crippen LogP) is 1.70. The molecule has 0 heterocycles. The van der Waals surface area contributed by atoms with Gasteiger partial charge in [0.2, 0.25) is 10.0 Å². The molecule has 0 bridgehead atoms. The van der Waals surface area contributed by atoms with E-state index in [1.54, 1.807) is 31.4 Å². The highest BCUT2D eigenvalue weighted by atomic mass is 32.2. The molecule has 1 atom stereocenters. The van der Waals surface area contributed by atoms with Crippen LogP contribution in [0.4, 0.5) is 0 Å². The van der Waals surface area contributed by atoms with Crippen LogP contribution in [0.1, 0.15) is 18.9 Å². The fourth-order valence-electron chi connectivity index (χ4n) is 1.44. The van der Waals surface area contributed by atoms with Crippen molar-refractivity contribution >= 4 is 10.0 Å². The van der Waals surface area contributed by atoms with E-state index in [4.69, 9.17) is 4.74 Å². The molecule has 0 fully saturated rings. The first-order chi connectivity index (χ1) is 7.99. The van der Waals surface area contributed by atoms with Crippen LogP contribution in [0, 0.1) is 6.92 Å². The van der Waals surface area contributed by atoms with E-state index in [2.05, 4.69) is 4.72 Å². The second kappa shape index (κ2) is 6.14. The maximum Gasteiger partial charge on any atom is 0.240 e. The summed E-state index contributed by atoms with van der Waals surface area (Å²) in [6, 6.07) is 6.60. The van der Waals surface area contributed by atoms with Crippen LogP contribution >= 0.6 is 0 Å². The predicted molar refractivity (Wildman–Crippen MR) is 67.5 cm³/mol. The molecule has 0 aliphatic carbocycles. The van der Waals surface area contributed by atoms with Gasteiger partial charge in [-0.25, -0.2) is 13.1 Å². The van der Waals surface area contributed by atoms with Crippen LogP contribution < -0.4 is 4.72 Å². The molecule has 96 valence electrons. The molecule has 1 N–H and O–H groups in total. The van der Waals surface area contributed by atoms with Gasteiger partial charge in [0.1, 0.15) is 0 Å². The molecule has 0 saturated heterocycles. The summed E-state index contributed by atoms with van der Waals surface area (Å²) in [7, 11) is -1.88. The number of aryl methyl sites for hydroxylation is 1. The maximum absolute atomic E-state index is 12.0. The first-order valence-corrected chi connectivity index (χ1v) is 7.06. The van der Waals surface area contributed by atoms with Crippen LogP contribution in [-0.4, -0.2) is 28.2 Å². The van der Waals surface area contributed by atoms with Crippen LogP contribution in [0.2, 0.25) is 0 Å². The maximum atomic E-state index is 12.0. The number of rotatable bonds is 6. The Morgan fingerprint density at radius 1 is 1.29 bits per heavy atom. The quantitative estimate of drug-likeness (QED) is 0.844. The van der Waals surface area contributed by atoms with Crippen molar-refractivity contribution in [1.82, 2.24) is 4.72 Å². The van der Waals surface area contributed by atoms with Gasteiger partial charge in [-0.15, -0.1) is 0 Å². The lowest BCUT2D eigenvalue weighted by Gasteiger charge is -2.16. The Labute approximate surface area is 103 Å². The molecule has 0 spiro atoms. The highest BCUT2D eigenvalue weighted by Gasteiger charge is 2.18. The normalized spacial score (nSPS) is 13.6. The summed E-state index contributed by atoms with van der Waals surface area (Å²) >= 11 is 0. The zero-order chi connectivity index (χ0) is 12.9. The van der Waals surface area contributed by atoms with Gasteiger partial charge in [-0.3, -0.25) is 0 Å². The van der Waals surface area contributed by atoms with Gasteiger partial charge in [-0.1, -0.05) is 24.6 Å². The minimum atomic E-state index is -3.44. The van der Waals surface area contributed by atoms with Crippen LogP contribution in [0.5, 0.6) is 0 Å². The highest BCUT2D eigenvalue weighted by Crippen LogP contribution is 2.11. The van der Waals surface area contributed by atoms with Crippen molar-refractivity contribution in [2.24, 2.45) is 0 Å². The number of hydrogen-bond acceptors (Lipinski definition) is 3. The molecule has 0 aromatic heterocycles. The van der Waals surface area contributed by atoms with Crippen molar-refractivity contribution in [2.45, 2.75) is 31.2 Å². The third kappa shape index (κ3) is 4.11. The second-order valence-electron chi connectivity index (χ2n) is 3.99. The number of nitrogens with one attached hydrogen (secondary N) is 1. The fraction of sp³-hybridized carbons (Fsp3) is 0.500. The molecule has 0 aliphatic rings. The summed E-state index contributed by atoms with van der Waals surface area (Å²) < 4.78 is 31.6. The monoisotopic (exact) mass is 257 g/mol. The Kier molecular flexibility index (Phi) is 5.11. The third-order valence-electron chi connectivity index (χ3n) is 2.51. The minimum absolute atomic E-state index is 0.189. The topological polar surface area (TPSA) is 55.4 Å². The van der Waals surface area contributed by atoms with E-state index < -0.39 is 10.0 Å². The van der Waals surface area contributed by atoms with Crippen LogP contribution in [-0.2, 0) is 14.8 Å². The van der Waals surface area contributed by atoms with E-state index >= 15 is 0 Å². The summed E-state index contributed by atoms with van der Waals surface area (Å²) in [5.41, 5.74) is 1.04. The summed E-state index contributed by atoms with van der Waals surface area (Å²) in [4.78, 5) is 0.289. The average molecular weight is 257 g/mol. The molecule has 0 aliphatic heterocycles. The van der Waals surface area contributed by atoms with Gasteiger partial charge in [0, 0.05) is 13.2 Å². The largest absolute Gasteiger partial charge is 0.383 e. The Morgan fingerprint density at radius 2 is 1.88 bits per heavy atom. The van der Waals surface area contributed by atoms with Crippen molar-refractivity contribution < 1.29 is 13.2 Å². The molecule has 1 aromatic rings. The third-order valence-corrected chi connectivity index (χ3v) is 4.05. The lowest BCUT2D eigenvalue weighted by Crippen LogP contribution is -2.37. The molecule has 1 unspecified atom stereocenters. The number of ether oxygens (including phenoxy) is 1. The molecule has 1 aromatic carbocycles. The summed E-state index contributed by atoms with van der Waals surface area (Å²) in [5.74, 6) is 0. The Hall–Kier alpha value is -0.910. The number of hydrogen-bond donors (Lipinski definition) is 1. The minimum Gasteiger partial charge on any atom is -0.383 e. The van der Waals surface area contributed by atoms with Gasteiger partial charge in [0.05, 0.1) is 11.5 Å². The molecule has 4 nitrogen and oxygen atoms in total. The van der Waals surface area contributed by atoms with Gasteiger partial charge < -0.3 is 4.74 Å². The molecular formula is C12H19NO3S. The highest BCUT2D eigenvalue weighted by molar-refractivity contribution is 7.89. The van der Waals surface area contributed by atoms with E-state index in [1.807, 2.05) is 13.8 Å². The lowest BCUT2D eigenvalue weighted by molar-refractivity contribution is 0.173. The van der Waals surface area contributed by atoms with E-state index in [1.165, 1.54) is 0 Å². The first-order valence-electron chi connectivity index (χ1n) is 5.57. The number of benzene rings is 1. The van der Waals surface area contributed by atoms with Crippen LogP contribution in [0.15, 0.2) is 29.2 Å². The van der Waals surface area contributed by atoms with Crippen molar-refractivity contribution in [3.8, 4) is 0 Å². The fourth-order valence-corrected chi connectivity index (χ4v) is 2.75. The first kappa shape index (κ1) is 14.2. The van der Waals surface area contributed by atoms with Gasteiger partial charge in [0.15, 0.2) is 0 Å². The van der Waals surface area contributed by atoms with E-state index in [-0.39, 0.29) is 10.9 Å². The number of methoxy groups -OCH3 is 1. The molecule has 17 heavy (non-hydrogen) atoms. The van der Waals surface area contributed by atoms with Gasteiger partial charge in [0.25, 0.3) is 0 Å². The molecule has 0 amide bonds. The molecule has 1 rings (SSSR count). The average Bonchev–Trinajstić information content (AvgIpc) is 2.28. The summed E-state index contributed by atoms with van der Waals surface area (Å²) in [6.45, 7) is 4.21. The van der Waals surface area contributed by atoms with E-state index in [0.29, 0.717) is 13.0 Å². The van der Waals surface area contributed by atoms with Crippen molar-refractivity contribution in [2.75, 3.05) is 13.7 Å². The zero-order valence-electron chi connectivity index (χ0n) is 10.4. The SMILES string of the molecule is CCC(COC)NS(=O)(=O)c1ccc(C)cc1. The van der Waals surface area contributed by atoms with Crippen molar-refractivity contribution in [3.63, 3.8) is 0 Å². The Balaban J connectivity index is 2.84. The van der Waals surface area contributed by atoms with Gasteiger partial charge in [-0.2, -0.15) is 0 Å².